The first-order valence-electron chi connectivity index (χ1n) is 9.31. The van der Waals surface area contributed by atoms with Gasteiger partial charge in [0.05, 0.1) is 5.75 Å². The fourth-order valence-corrected chi connectivity index (χ4v) is 4.50. The van der Waals surface area contributed by atoms with Crippen molar-refractivity contribution in [2.75, 3.05) is 12.8 Å². The van der Waals surface area contributed by atoms with E-state index in [1.165, 1.54) is 33.4 Å². The summed E-state index contributed by atoms with van der Waals surface area (Å²) < 4.78 is 0. The predicted molar refractivity (Wildman–Crippen MR) is 123 cm³/mol. The van der Waals surface area contributed by atoms with E-state index in [2.05, 4.69) is 37.4 Å². The first-order chi connectivity index (χ1) is 13.7. The number of halogens is 2. The van der Waals surface area contributed by atoms with Crippen LogP contribution in [0.3, 0.4) is 0 Å². The number of benzene rings is 2. The Hall–Kier alpha value is -1.69. The zero-order valence-electron chi connectivity index (χ0n) is 17.1. The molecule has 0 aromatic heterocycles. The van der Waals surface area contributed by atoms with E-state index in [9.17, 15) is 9.59 Å². The van der Waals surface area contributed by atoms with Gasteiger partial charge in [-0.15, -0.1) is 11.8 Å². The number of likely N-dealkylation sites (N-methyl/N-ethyl adjacent to an activating group) is 1. The minimum absolute atomic E-state index is 0.133. The van der Waals surface area contributed by atoms with Crippen molar-refractivity contribution in [1.29, 1.82) is 0 Å². The molecule has 0 bridgehead atoms. The lowest BCUT2D eigenvalue weighted by Crippen LogP contribution is -2.47. The molecule has 156 valence electrons. The van der Waals surface area contributed by atoms with Gasteiger partial charge in [-0.2, -0.15) is 0 Å². The molecule has 1 unspecified atom stereocenters. The van der Waals surface area contributed by atoms with Gasteiger partial charge in [-0.1, -0.05) is 58.6 Å². The van der Waals surface area contributed by atoms with Gasteiger partial charge in [-0.05, 0) is 38.5 Å². The van der Waals surface area contributed by atoms with Crippen LogP contribution in [-0.2, 0) is 21.9 Å². The zero-order valence-corrected chi connectivity index (χ0v) is 19.4. The topological polar surface area (TPSA) is 49.4 Å². The summed E-state index contributed by atoms with van der Waals surface area (Å²) in [5.74, 6) is 0.618. The lowest BCUT2D eigenvalue weighted by atomic mass is 10.1. The van der Waals surface area contributed by atoms with E-state index in [-0.39, 0.29) is 24.1 Å². The summed E-state index contributed by atoms with van der Waals surface area (Å²) in [5.41, 5.74) is 4.23. The van der Waals surface area contributed by atoms with Gasteiger partial charge in [0.15, 0.2) is 0 Å². The smallest absolute Gasteiger partial charge is 0.242 e. The second-order valence-corrected chi connectivity index (χ2v) is 8.80. The molecule has 0 aliphatic rings. The van der Waals surface area contributed by atoms with Gasteiger partial charge >= 0.3 is 0 Å². The molecule has 0 spiro atoms. The average molecular weight is 453 g/mol. The van der Waals surface area contributed by atoms with Crippen molar-refractivity contribution in [3.05, 3.63) is 68.7 Å². The number of rotatable bonds is 8. The van der Waals surface area contributed by atoms with Crippen molar-refractivity contribution in [1.82, 2.24) is 10.2 Å². The fraction of sp³-hybridized carbons (Fsp3) is 0.364. The number of amides is 2. The van der Waals surface area contributed by atoms with Crippen molar-refractivity contribution in [3.63, 3.8) is 0 Å². The van der Waals surface area contributed by atoms with Crippen LogP contribution in [0.2, 0.25) is 10.0 Å². The molecule has 0 aliphatic carbocycles. The normalized spacial score (nSPS) is 11.8. The molecule has 2 aromatic carbocycles. The van der Waals surface area contributed by atoms with Gasteiger partial charge in [-0.25, -0.2) is 0 Å². The highest BCUT2D eigenvalue weighted by atomic mass is 35.5. The molecule has 4 nitrogen and oxygen atoms in total. The van der Waals surface area contributed by atoms with Gasteiger partial charge in [0, 0.05) is 35.0 Å². The maximum Gasteiger partial charge on any atom is 0.242 e. The molecule has 29 heavy (non-hydrogen) atoms. The van der Waals surface area contributed by atoms with Crippen LogP contribution in [0.15, 0.2) is 36.4 Å². The maximum absolute atomic E-state index is 13.0. The van der Waals surface area contributed by atoms with Crippen molar-refractivity contribution in [2.24, 2.45) is 0 Å². The van der Waals surface area contributed by atoms with E-state index in [0.717, 1.165) is 5.75 Å². The number of nitrogens with zero attached hydrogens (tertiary/aromatic N) is 1. The Balaban J connectivity index is 2.12. The second kappa shape index (κ2) is 10.9. The maximum atomic E-state index is 13.0. The van der Waals surface area contributed by atoms with E-state index >= 15 is 0 Å². The van der Waals surface area contributed by atoms with Crippen LogP contribution >= 0.6 is 35.0 Å². The molecule has 0 saturated carbocycles. The molecule has 0 saturated heterocycles. The molecule has 7 heteroatoms. The van der Waals surface area contributed by atoms with Gasteiger partial charge < -0.3 is 10.2 Å². The summed E-state index contributed by atoms with van der Waals surface area (Å²) in [6.07, 6.45) is 0. The Morgan fingerprint density at radius 1 is 1.10 bits per heavy atom. The first-order valence-corrected chi connectivity index (χ1v) is 11.2. The van der Waals surface area contributed by atoms with Crippen LogP contribution in [0.25, 0.3) is 0 Å². The molecular weight excluding hydrogens is 427 g/mol. The molecule has 0 aliphatic heterocycles. The fourth-order valence-electron chi connectivity index (χ4n) is 3.14. The molecule has 2 rings (SSSR count). The highest BCUT2D eigenvalue weighted by Crippen LogP contribution is 2.27. The van der Waals surface area contributed by atoms with E-state index in [1.807, 2.05) is 0 Å². The molecule has 0 fully saturated rings. The van der Waals surface area contributed by atoms with Crippen molar-refractivity contribution in [3.8, 4) is 0 Å². The summed E-state index contributed by atoms with van der Waals surface area (Å²) in [4.78, 5) is 26.7. The average Bonchev–Trinajstić information content (AvgIpc) is 2.65. The van der Waals surface area contributed by atoms with Crippen LogP contribution in [-0.4, -0.2) is 35.6 Å². The molecule has 1 N–H and O–H groups in total. The molecule has 2 aromatic rings. The lowest BCUT2D eigenvalue weighted by Gasteiger charge is -2.29. The number of thioether (sulfide) groups is 1. The van der Waals surface area contributed by atoms with Crippen molar-refractivity contribution < 1.29 is 9.59 Å². The SMILES string of the molecule is CNC(=O)C(C)N(Cc1c(Cl)cccc1Cl)C(=O)CSCc1cc(C)cc(C)c1. The standard InChI is InChI=1S/C22H26Cl2N2O2S/c1-14-8-15(2)10-17(9-14)12-29-13-21(27)26(16(3)22(28)25-4)11-18-19(23)6-5-7-20(18)24/h5-10,16H,11-13H2,1-4H3,(H,25,28). The summed E-state index contributed by atoms with van der Waals surface area (Å²) in [5, 5.41) is 3.55. The van der Waals surface area contributed by atoms with Crippen LogP contribution in [0, 0.1) is 13.8 Å². The molecular formula is C22H26Cl2N2O2S. The van der Waals surface area contributed by atoms with E-state index in [4.69, 9.17) is 23.2 Å². The van der Waals surface area contributed by atoms with E-state index in [0.29, 0.717) is 15.6 Å². The van der Waals surface area contributed by atoms with Gasteiger partial charge in [0.1, 0.15) is 6.04 Å². The second-order valence-electron chi connectivity index (χ2n) is 7.00. The van der Waals surface area contributed by atoms with Crippen LogP contribution in [0.1, 0.15) is 29.2 Å². The Morgan fingerprint density at radius 2 is 1.69 bits per heavy atom. The third-order valence-corrected chi connectivity index (χ3v) is 6.28. The van der Waals surface area contributed by atoms with E-state index in [1.54, 1.807) is 32.2 Å². The lowest BCUT2D eigenvalue weighted by molar-refractivity contribution is -0.138. The van der Waals surface area contributed by atoms with Crippen molar-refractivity contribution in [2.45, 2.75) is 39.1 Å². The summed E-state index contributed by atoms with van der Waals surface area (Å²) in [6.45, 7) is 6.00. The summed E-state index contributed by atoms with van der Waals surface area (Å²) >= 11 is 14.1. The number of hydrogen-bond acceptors (Lipinski definition) is 3. The van der Waals surface area contributed by atoms with Gasteiger partial charge in [0.2, 0.25) is 11.8 Å². The Morgan fingerprint density at radius 3 is 2.24 bits per heavy atom. The first kappa shape index (κ1) is 23.6. The summed E-state index contributed by atoms with van der Waals surface area (Å²) in [7, 11) is 1.55. The molecule has 1 atom stereocenters. The van der Waals surface area contributed by atoms with Crippen LogP contribution in [0.4, 0.5) is 0 Å². The highest BCUT2D eigenvalue weighted by Gasteiger charge is 2.26. The van der Waals surface area contributed by atoms with E-state index < -0.39 is 6.04 Å². The monoisotopic (exact) mass is 452 g/mol. The Bertz CT molecular complexity index is 849. The molecule has 0 radical (unpaired) electrons. The largest absolute Gasteiger partial charge is 0.357 e. The Kier molecular flexibility index (Phi) is 8.87. The highest BCUT2D eigenvalue weighted by molar-refractivity contribution is 7.99. The predicted octanol–water partition coefficient (Wildman–Crippen LogP) is 5.01. The number of carbonyl (C=O) groups is 2. The van der Waals surface area contributed by atoms with Crippen molar-refractivity contribution >= 4 is 46.8 Å². The Labute approximate surface area is 187 Å². The minimum Gasteiger partial charge on any atom is -0.357 e. The minimum atomic E-state index is -0.637. The third kappa shape index (κ3) is 6.66. The molecule has 2 amide bonds. The van der Waals surface area contributed by atoms with Gasteiger partial charge in [-0.3, -0.25) is 9.59 Å². The number of hydrogen-bond donors (Lipinski definition) is 1. The third-order valence-electron chi connectivity index (χ3n) is 4.58. The number of aryl methyl sites for hydroxylation is 2. The van der Waals surface area contributed by atoms with Crippen LogP contribution < -0.4 is 5.32 Å². The molecule has 0 heterocycles. The van der Waals surface area contributed by atoms with Gasteiger partial charge in [0.25, 0.3) is 0 Å². The number of nitrogens with one attached hydrogen (secondary N) is 1. The summed E-state index contributed by atoms with van der Waals surface area (Å²) in [6, 6.07) is 10.9. The number of carbonyl (C=O) groups excluding carboxylic acids is 2. The van der Waals surface area contributed by atoms with Crippen LogP contribution in [0.5, 0.6) is 0 Å². The quantitative estimate of drug-likeness (QED) is 0.612. The zero-order chi connectivity index (χ0) is 21.6.